The fraction of sp³-hybridized carbons (Fsp3) is 0.286. The minimum Gasteiger partial charge on any atom is -0.485 e. The van der Waals surface area contributed by atoms with Crippen molar-refractivity contribution in [2.24, 2.45) is 0 Å². The van der Waals surface area contributed by atoms with E-state index in [-0.39, 0.29) is 6.10 Å². The summed E-state index contributed by atoms with van der Waals surface area (Å²) in [5, 5.41) is 12.4. The first-order valence-corrected chi connectivity index (χ1v) is 7.72. The Labute approximate surface area is 115 Å². The average molecular weight is 278 g/mol. The lowest BCUT2D eigenvalue weighted by atomic mass is 10.1. The topological polar surface area (TPSA) is 29.5 Å². The number of fused-ring (bicyclic) bond motifs is 1. The molecule has 3 rings (SSSR count). The third kappa shape index (κ3) is 2.28. The van der Waals surface area contributed by atoms with E-state index < -0.39 is 6.10 Å². The average Bonchev–Trinajstić information content (AvgIpc) is 2.84. The molecule has 94 valence electrons. The van der Waals surface area contributed by atoms with Gasteiger partial charge in [-0.2, -0.15) is 0 Å². The number of hydrogen-bond donors (Lipinski definition) is 1. The molecule has 0 saturated heterocycles. The second-order valence-corrected chi connectivity index (χ2v) is 6.53. The van der Waals surface area contributed by atoms with Crippen molar-refractivity contribution in [2.75, 3.05) is 5.75 Å². The van der Waals surface area contributed by atoms with Crippen molar-refractivity contribution in [1.82, 2.24) is 0 Å². The molecule has 18 heavy (non-hydrogen) atoms. The van der Waals surface area contributed by atoms with Gasteiger partial charge in [-0.1, -0.05) is 12.1 Å². The summed E-state index contributed by atoms with van der Waals surface area (Å²) < 4.78 is 5.89. The van der Waals surface area contributed by atoms with Crippen molar-refractivity contribution in [3.05, 3.63) is 46.2 Å². The first-order valence-electron chi connectivity index (χ1n) is 5.85. The molecule has 1 aromatic carbocycles. The predicted molar refractivity (Wildman–Crippen MR) is 75.6 cm³/mol. The van der Waals surface area contributed by atoms with Gasteiger partial charge in [0.1, 0.15) is 18.0 Å². The Morgan fingerprint density at radius 2 is 2.22 bits per heavy atom. The summed E-state index contributed by atoms with van der Waals surface area (Å²) in [6.45, 7) is 2.05. The van der Waals surface area contributed by atoms with Gasteiger partial charge in [-0.3, -0.25) is 0 Å². The number of aryl methyl sites for hydroxylation is 1. The largest absolute Gasteiger partial charge is 0.485 e. The van der Waals surface area contributed by atoms with Gasteiger partial charge in [-0.05, 0) is 36.1 Å². The standard InChI is InChI=1S/C14H14O2S2/c1-9-6-10(7-17-9)14(15)12-8-18-13-5-3-2-4-11(13)16-12/h2-7,12,14-15H,8H2,1H3. The van der Waals surface area contributed by atoms with E-state index in [9.17, 15) is 5.11 Å². The molecular weight excluding hydrogens is 264 g/mol. The molecule has 0 radical (unpaired) electrons. The van der Waals surface area contributed by atoms with Crippen LogP contribution in [0, 0.1) is 6.92 Å². The summed E-state index contributed by atoms with van der Waals surface area (Å²) in [6.07, 6.45) is -0.713. The van der Waals surface area contributed by atoms with Crippen molar-refractivity contribution in [2.45, 2.75) is 24.0 Å². The Balaban J connectivity index is 1.79. The lowest BCUT2D eigenvalue weighted by molar-refractivity contribution is 0.0460. The first kappa shape index (κ1) is 12.1. The van der Waals surface area contributed by atoms with Gasteiger partial charge in [-0.25, -0.2) is 0 Å². The summed E-state index contributed by atoms with van der Waals surface area (Å²) >= 11 is 3.40. The molecule has 2 aromatic rings. The van der Waals surface area contributed by atoms with Crippen molar-refractivity contribution in [3.8, 4) is 5.75 Å². The van der Waals surface area contributed by atoms with Gasteiger partial charge in [0.05, 0.1) is 0 Å². The Kier molecular flexibility index (Phi) is 3.33. The maximum absolute atomic E-state index is 10.4. The Bertz CT molecular complexity index is 550. The van der Waals surface area contributed by atoms with Crippen LogP contribution in [0.15, 0.2) is 40.6 Å². The Morgan fingerprint density at radius 1 is 1.39 bits per heavy atom. The lowest BCUT2D eigenvalue weighted by Crippen LogP contribution is -2.30. The highest BCUT2D eigenvalue weighted by atomic mass is 32.2. The van der Waals surface area contributed by atoms with E-state index in [0.717, 1.165) is 22.0 Å². The Hall–Kier alpha value is -0.970. The van der Waals surface area contributed by atoms with Gasteiger partial charge in [0, 0.05) is 15.5 Å². The molecule has 2 atom stereocenters. The molecule has 2 unspecified atom stereocenters. The zero-order valence-electron chi connectivity index (χ0n) is 10.00. The summed E-state index contributed by atoms with van der Waals surface area (Å²) in [6, 6.07) is 10.0. The maximum Gasteiger partial charge on any atom is 0.138 e. The summed E-state index contributed by atoms with van der Waals surface area (Å²) in [4.78, 5) is 2.37. The van der Waals surface area contributed by atoms with E-state index >= 15 is 0 Å². The molecule has 2 nitrogen and oxygen atoms in total. The molecule has 1 aromatic heterocycles. The normalized spacial score (nSPS) is 20.0. The van der Waals surface area contributed by atoms with Gasteiger partial charge in [0.15, 0.2) is 0 Å². The van der Waals surface area contributed by atoms with Crippen LogP contribution in [0.1, 0.15) is 16.5 Å². The number of thiophene rings is 1. The van der Waals surface area contributed by atoms with Crippen LogP contribution < -0.4 is 4.74 Å². The van der Waals surface area contributed by atoms with E-state index in [2.05, 4.69) is 6.07 Å². The number of aliphatic hydroxyl groups excluding tert-OH is 1. The zero-order chi connectivity index (χ0) is 12.5. The van der Waals surface area contributed by atoms with Crippen LogP contribution >= 0.6 is 23.1 Å². The molecule has 0 aliphatic carbocycles. The van der Waals surface area contributed by atoms with Gasteiger partial charge in [0.2, 0.25) is 0 Å². The van der Waals surface area contributed by atoms with Gasteiger partial charge in [0.25, 0.3) is 0 Å². The lowest BCUT2D eigenvalue weighted by Gasteiger charge is -2.28. The van der Waals surface area contributed by atoms with E-state index in [4.69, 9.17) is 4.74 Å². The molecule has 0 saturated carbocycles. The van der Waals surface area contributed by atoms with Crippen LogP contribution in [0.5, 0.6) is 5.75 Å². The summed E-state index contributed by atoms with van der Waals surface area (Å²) in [5.74, 6) is 1.66. The second kappa shape index (κ2) is 4.96. The molecular formula is C14H14O2S2. The number of ether oxygens (including phenoxy) is 1. The number of rotatable bonds is 2. The number of para-hydroxylation sites is 1. The second-order valence-electron chi connectivity index (χ2n) is 4.35. The van der Waals surface area contributed by atoms with Crippen molar-refractivity contribution in [1.29, 1.82) is 0 Å². The predicted octanol–water partition coefficient (Wildman–Crippen LogP) is 3.64. The number of hydrogen-bond acceptors (Lipinski definition) is 4. The van der Waals surface area contributed by atoms with Gasteiger partial charge >= 0.3 is 0 Å². The molecule has 0 amide bonds. The quantitative estimate of drug-likeness (QED) is 0.909. The molecule has 0 fully saturated rings. The minimum atomic E-state index is -0.546. The van der Waals surface area contributed by atoms with Crippen LogP contribution in [0.25, 0.3) is 0 Å². The molecule has 1 aliphatic heterocycles. The van der Waals surface area contributed by atoms with E-state index in [1.54, 1.807) is 23.1 Å². The molecule has 1 N–H and O–H groups in total. The molecule has 1 aliphatic rings. The van der Waals surface area contributed by atoms with E-state index in [0.29, 0.717) is 0 Å². The molecule has 0 bridgehead atoms. The fourth-order valence-electron chi connectivity index (χ4n) is 2.02. The smallest absolute Gasteiger partial charge is 0.138 e. The highest BCUT2D eigenvalue weighted by molar-refractivity contribution is 7.99. The number of benzene rings is 1. The van der Waals surface area contributed by atoms with Crippen LogP contribution in [0.2, 0.25) is 0 Å². The van der Waals surface area contributed by atoms with E-state index in [1.165, 1.54) is 4.88 Å². The van der Waals surface area contributed by atoms with Crippen molar-refractivity contribution < 1.29 is 9.84 Å². The SMILES string of the molecule is Cc1cc(C(O)C2CSc3ccccc3O2)cs1. The molecule has 0 spiro atoms. The third-order valence-corrected chi connectivity index (χ3v) is 5.00. The van der Waals surface area contributed by atoms with Crippen LogP contribution in [0.4, 0.5) is 0 Å². The first-order chi connectivity index (χ1) is 8.74. The number of aliphatic hydroxyl groups is 1. The highest BCUT2D eigenvalue weighted by Crippen LogP contribution is 2.38. The van der Waals surface area contributed by atoms with Crippen LogP contribution in [-0.4, -0.2) is 17.0 Å². The monoisotopic (exact) mass is 278 g/mol. The maximum atomic E-state index is 10.4. The minimum absolute atomic E-state index is 0.168. The summed E-state index contributed by atoms with van der Waals surface area (Å²) in [7, 11) is 0. The highest BCUT2D eigenvalue weighted by Gasteiger charge is 2.28. The third-order valence-electron chi connectivity index (χ3n) is 2.98. The molecule has 2 heterocycles. The number of thioether (sulfide) groups is 1. The van der Waals surface area contributed by atoms with E-state index in [1.807, 2.05) is 36.6 Å². The van der Waals surface area contributed by atoms with Crippen molar-refractivity contribution >= 4 is 23.1 Å². The Morgan fingerprint density at radius 3 is 3.00 bits per heavy atom. The zero-order valence-corrected chi connectivity index (χ0v) is 11.6. The fourth-order valence-corrected chi connectivity index (χ4v) is 3.79. The van der Waals surface area contributed by atoms with Crippen LogP contribution in [0.3, 0.4) is 0 Å². The van der Waals surface area contributed by atoms with Gasteiger partial charge in [-0.15, -0.1) is 23.1 Å². The summed E-state index contributed by atoms with van der Waals surface area (Å²) in [5.41, 5.74) is 0.961. The van der Waals surface area contributed by atoms with Crippen LogP contribution in [-0.2, 0) is 0 Å². The molecule has 4 heteroatoms. The van der Waals surface area contributed by atoms with Gasteiger partial charge < -0.3 is 9.84 Å². The van der Waals surface area contributed by atoms with Crippen molar-refractivity contribution in [3.63, 3.8) is 0 Å².